The molecule has 2 aromatic carbocycles. The molecular weight excluding hydrogens is 454 g/mol. The number of fused-ring (bicyclic) bond motifs is 1. The molecule has 0 saturated heterocycles. The minimum Gasteiger partial charge on any atom is -0.438 e. The van der Waals surface area contributed by atoms with E-state index in [-0.39, 0.29) is 5.54 Å². The third-order valence-corrected chi connectivity index (χ3v) is 6.22. The fourth-order valence-electron chi connectivity index (χ4n) is 4.27. The fourth-order valence-corrected chi connectivity index (χ4v) is 4.48. The van der Waals surface area contributed by atoms with Crippen LogP contribution in [0.2, 0.25) is 0 Å². The summed E-state index contributed by atoms with van der Waals surface area (Å²) in [6, 6.07) is 18.1. The van der Waals surface area contributed by atoms with Gasteiger partial charge in [0.05, 0.1) is 16.6 Å². The minimum absolute atomic E-state index is 0.0144. The van der Waals surface area contributed by atoms with Crippen molar-refractivity contribution in [1.29, 1.82) is 0 Å². The summed E-state index contributed by atoms with van der Waals surface area (Å²) in [5.74, 6) is 1.18. The molecule has 6 nitrogen and oxygen atoms in total. The minimum atomic E-state index is -0.0144. The summed E-state index contributed by atoms with van der Waals surface area (Å²) < 4.78 is 6.61. The number of nitrogens with one attached hydrogen (secondary N) is 3. The summed E-state index contributed by atoms with van der Waals surface area (Å²) in [4.78, 5) is 10.7. The van der Waals surface area contributed by atoms with Crippen molar-refractivity contribution in [3.8, 4) is 11.6 Å². The van der Waals surface area contributed by atoms with E-state index in [9.17, 15) is 0 Å². The van der Waals surface area contributed by atoms with Crippen molar-refractivity contribution in [2.75, 3.05) is 6.54 Å². The number of para-hydroxylation sites is 1. The molecule has 5 N–H and O–H groups in total. The average Bonchev–Trinajstić information content (AvgIpc) is 3.21. The molecule has 7 heteroatoms. The predicted octanol–water partition coefficient (Wildman–Crippen LogP) is 6.28. The number of hydrogen-bond acceptors (Lipinski definition) is 5. The van der Waals surface area contributed by atoms with Crippen molar-refractivity contribution < 1.29 is 4.74 Å². The second kappa shape index (κ2) is 10.9. The normalized spacial score (nSPS) is 11.6. The Hall–Kier alpha value is -3.42. The molecule has 0 bridgehead atoms. The van der Waals surface area contributed by atoms with E-state index < -0.39 is 0 Å². The van der Waals surface area contributed by atoms with E-state index in [4.69, 9.17) is 22.7 Å². The molecule has 0 aliphatic heterocycles. The van der Waals surface area contributed by atoms with Gasteiger partial charge in [0.1, 0.15) is 5.75 Å². The van der Waals surface area contributed by atoms with Crippen LogP contribution >= 0.6 is 12.2 Å². The van der Waals surface area contributed by atoms with Crippen LogP contribution < -0.4 is 15.8 Å². The number of aromatic amines is 2. The standard InChI is InChI=1S/C28H33N5OS/c1-19(29)23-10-7-16-30-26(23)34-22-14-12-20(13-15-22)18-28(2,3)31-17-5-4-8-21-9-6-11-24-25(21)33-27(35)32-24/h6-7,9-16,31H,1,4-5,8,17-18,29H2,2-3H3,(H2,32,33,35). The van der Waals surface area contributed by atoms with E-state index in [0.29, 0.717) is 21.9 Å². The third-order valence-electron chi connectivity index (χ3n) is 6.01. The quantitative estimate of drug-likeness (QED) is 0.148. The zero-order chi connectivity index (χ0) is 24.8. The molecule has 0 saturated carbocycles. The number of ether oxygens (including phenoxy) is 1. The van der Waals surface area contributed by atoms with Crippen molar-refractivity contribution in [3.63, 3.8) is 0 Å². The highest BCUT2D eigenvalue weighted by Gasteiger charge is 2.17. The van der Waals surface area contributed by atoms with Gasteiger partial charge in [-0.2, -0.15) is 0 Å². The van der Waals surface area contributed by atoms with Crippen LogP contribution in [0, 0.1) is 4.77 Å². The largest absolute Gasteiger partial charge is 0.438 e. The van der Waals surface area contributed by atoms with E-state index in [2.05, 4.69) is 71.0 Å². The Labute approximate surface area is 211 Å². The predicted molar refractivity (Wildman–Crippen MR) is 146 cm³/mol. The summed E-state index contributed by atoms with van der Waals surface area (Å²) in [6.07, 6.45) is 5.85. The molecule has 0 aliphatic carbocycles. The highest BCUT2D eigenvalue weighted by molar-refractivity contribution is 7.71. The first-order valence-corrected chi connectivity index (χ1v) is 12.3. The van der Waals surface area contributed by atoms with Crippen LogP contribution in [0.4, 0.5) is 0 Å². The van der Waals surface area contributed by atoms with Crippen LogP contribution in [0.5, 0.6) is 11.6 Å². The van der Waals surface area contributed by atoms with Crippen molar-refractivity contribution in [3.05, 3.63) is 88.8 Å². The van der Waals surface area contributed by atoms with Crippen molar-refractivity contribution in [1.82, 2.24) is 20.3 Å². The van der Waals surface area contributed by atoms with Gasteiger partial charge >= 0.3 is 0 Å². The second-order valence-corrected chi connectivity index (χ2v) is 9.90. The topological polar surface area (TPSA) is 91.8 Å². The highest BCUT2D eigenvalue weighted by atomic mass is 32.1. The number of benzene rings is 2. The lowest BCUT2D eigenvalue weighted by atomic mass is 9.94. The molecule has 0 spiro atoms. The van der Waals surface area contributed by atoms with E-state index in [1.54, 1.807) is 6.20 Å². The third kappa shape index (κ3) is 6.59. The SMILES string of the molecule is C=C(N)c1cccnc1Oc1ccc(CC(C)(C)NCCCCc2cccc3[nH]c(=S)[nH]c23)cc1. The van der Waals surface area contributed by atoms with E-state index in [1.807, 2.05) is 24.3 Å². The molecule has 35 heavy (non-hydrogen) atoms. The van der Waals surface area contributed by atoms with Crippen LogP contribution in [-0.2, 0) is 12.8 Å². The van der Waals surface area contributed by atoms with Crippen LogP contribution in [-0.4, -0.2) is 27.0 Å². The highest BCUT2D eigenvalue weighted by Crippen LogP contribution is 2.26. The van der Waals surface area contributed by atoms with Gasteiger partial charge in [0.2, 0.25) is 5.88 Å². The van der Waals surface area contributed by atoms with Gasteiger partial charge in [0, 0.05) is 17.4 Å². The Morgan fingerprint density at radius 3 is 2.66 bits per heavy atom. The van der Waals surface area contributed by atoms with Crippen LogP contribution in [0.3, 0.4) is 0 Å². The number of unbranched alkanes of at least 4 members (excludes halogenated alkanes) is 1. The Morgan fingerprint density at radius 1 is 1.09 bits per heavy atom. The molecular formula is C28H33N5OS. The summed E-state index contributed by atoms with van der Waals surface area (Å²) >= 11 is 5.23. The molecule has 0 amide bonds. The average molecular weight is 488 g/mol. The molecule has 0 aliphatic rings. The molecule has 0 radical (unpaired) electrons. The molecule has 0 unspecified atom stereocenters. The number of pyridine rings is 1. The number of hydrogen-bond donors (Lipinski definition) is 4. The maximum atomic E-state index is 5.93. The molecule has 0 atom stereocenters. The first-order valence-electron chi connectivity index (χ1n) is 11.9. The van der Waals surface area contributed by atoms with Gasteiger partial charge in [0.15, 0.2) is 4.77 Å². The molecule has 2 aromatic heterocycles. The second-order valence-electron chi connectivity index (χ2n) is 9.49. The monoisotopic (exact) mass is 487 g/mol. The molecule has 0 fully saturated rings. The summed E-state index contributed by atoms with van der Waals surface area (Å²) in [5, 5.41) is 3.71. The van der Waals surface area contributed by atoms with Crippen LogP contribution in [0.15, 0.2) is 67.4 Å². The summed E-state index contributed by atoms with van der Waals surface area (Å²) in [5.41, 5.74) is 11.7. The van der Waals surface area contributed by atoms with Gasteiger partial charge in [-0.15, -0.1) is 0 Å². The fraction of sp³-hybridized carbons (Fsp3) is 0.286. The number of imidazole rings is 1. The first-order chi connectivity index (χ1) is 16.8. The van der Waals surface area contributed by atoms with Gasteiger partial charge in [-0.25, -0.2) is 4.98 Å². The van der Waals surface area contributed by atoms with Gasteiger partial charge in [0.25, 0.3) is 0 Å². The van der Waals surface area contributed by atoms with Gasteiger partial charge in [-0.1, -0.05) is 30.8 Å². The number of nitrogens with zero attached hydrogens (tertiary/aromatic N) is 1. The number of aromatic nitrogens is 3. The zero-order valence-electron chi connectivity index (χ0n) is 20.4. The molecule has 4 aromatic rings. The lowest BCUT2D eigenvalue weighted by Gasteiger charge is -2.27. The van der Waals surface area contributed by atoms with Crippen LogP contribution in [0.1, 0.15) is 43.4 Å². The first kappa shape index (κ1) is 24.7. The maximum Gasteiger partial charge on any atom is 0.228 e. The summed E-state index contributed by atoms with van der Waals surface area (Å²) in [6.45, 7) is 9.24. The number of rotatable bonds is 11. The van der Waals surface area contributed by atoms with Gasteiger partial charge in [-0.05, 0) is 99.8 Å². The Morgan fingerprint density at radius 2 is 1.89 bits per heavy atom. The van der Waals surface area contributed by atoms with E-state index in [0.717, 1.165) is 49.0 Å². The smallest absolute Gasteiger partial charge is 0.228 e. The van der Waals surface area contributed by atoms with E-state index in [1.165, 1.54) is 11.1 Å². The maximum absolute atomic E-state index is 5.93. The van der Waals surface area contributed by atoms with Gasteiger partial charge < -0.3 is 25.8 Å². The number of aryl methyl sites for hydroxylation is 1. The lowest BCUT2D eigenvalue weighted by molar-refractivity contribution is 0.381. The van der Waals surface area contributed by atoms with Crippen LogP contribution in [0.25, 0.3) is 16.7 Å². The zero-order valence-corrected chi connectivity index (χ0v) is 21.2. The number of H-pyrrole nitrogens is 2. The molecule has 4 rings (SSSR count). The Kier molecular flexibility index (Phi) is 7.68. The van der Waals surface area contributed by atoms with Crippen molar-refractivity contribution >= 4 is 28.9 Å². The molecule has 2 heterocycles. The molecule has 182 valence electrons. The Balaban J connectivity index is 1.25. The lowest BCUT2D eigenvalue weighted by Crippen LogP contribution is -2.41. The Bertz CT molecular complexity index is 1350. The van der Waals surface area contributed by atoms with Gasteiger partial charge in [-0.3, -0.25) is 0 Å². The van der Waals surface area contributed by atoms with Crippen molar-refractivity contribution in [2.45, 2.75) is 45.1 Å². The van der Waals surface area contributed by atoms with E-state index >= 15 is 0 Å². The number of nitrogens with two attached hydrogens (primary N) is 1. The van der Waals surface area contributed by atoms with Crippen molar-refractivity contribution in [2.24, 2.45) is 5.73 Å². The summed E-state index contributed by atoms with van der Waals surface area (Å²) in [7, 11) is 0.